The van der Waals surface area contributed by atoms with Gasteiger partial charge in [-0.3, -0.25) is 4.79 Å². The molecule has 0 aliphatic carbocycles. The monoisotopic (exact) mass is 378 g/mol. The van der Waals surface area contributed by atoms with Crippen LogP contribution in [0.5, 0.6) is 11.5 Å². The molecule has 0 unspecified atom stereocenters. The number of hydrogen-bond donors (Lipinski definition) is 2. The van der Waals surface area contributed by atoms with E-state index >= 15 is 0 Å². The van der Waals surface area contributed by atoms with Crippen molar-refractivity contribution in [3.63, 3.8) is 0 Å². The Labute approximate surface area is 153 Å². The number of methoxy groups -OCH3 is 1. The molecule has 1 heterocycles. The Morgan fingerprint density at radius 1 is 1.12 bits per heavy atom. The van der Waals surface area contributed by atoms with E-state index in [-0.39, 0.29) is 22.8 Å². The molecule has 0 aromatic heterocycles. The van der Waals surface area contributed by atoms with Crippen molar-refractivity contribution in [3.8, 4) is 11.5 Å². The molecule has 1 fully saturated rings. The smallest absolute Gasteiger partial charge is 0.333 e. The van der Waals surface area contributed by atoms with Crippen LogP contribution in [-0.2, 0) is 4.79 Å². The lowest BCUT2D eigenvalue weighted by Crippen LogP contribution is -2.30. The molecule has 0 radical (unpaired) electrons. The van der Waals surface area contributed by atoms with E-state index in [1.807, 2.05) is 0 Å². The Kier molecular flexibility index (Phi) is 4.57. The molecule has 1 aliphatic rings. The van der Waals surface area contributed by atoms with Crippen LogP contribution in [0.4, 0.5) is 10.5 Å². The Balaban J connectivity index is 1.99. The third-order valence-corrected chi connectivity index (χ3v) is 4.02. The van der Waals surface area contributed by atoms with E-state index in [0.29, 0.717) is 15.7 Å². The Hall–Kier alpha value is -2.70. The fourth-order valence-corrected chi connectivity index (χ4v) is 2.72. The van der Waals surface area contributed by atoms with Gasteiger partial charge in [-0.05, 0) is 36.4 Å². The van der Waals surface area contributed by atoms with Crippen LogP contribution in [0, 0.1) is 0 Å². The van der Waals surface area contributed by atoms with Crippen molar-refractivity contribution in [1.82, 2.24) is 5.32 Å². The number of hydrogen-bond acceptors (Lipinski definition) is 4. The first kappa shape index (κ1) is 17.1. The minimum Gasteiger partial charge on any atom is -0.504 e. The second kappa shape index (κ2) is 6.66. The average Bonchev–Trinajstić information content (AvgIpc) is 2.85. The van der Waals surface area contributed by atoms with Crippen molar-refractivity contribution in [2.45, 2.75) is 0 Å². The Morgan fingerprint density at radius 2 is 1.80 bits per heavy atom. The summed E-state index contributed by atoms with van der Waals surface area (Å²) in [6.07, 6.45) is 1.33. The average molecular weight is 379 g/mol. The van der Waals surface area contributed by atoms with Gasteiger partial charge in [-0.25, -0.2) is 9.69 Å². The van der Waals surface area contributed by atoms with Gasteiger partial charge in [0.1, 0.15) is 5.70 Å². The van der Waals surface area contributed by atoms with Crippen molar-refractivity contribution in [3.05, 3.63) is 57.7 Å². The van der Waals surface area contributed by atoms with Crippen molar-refractivity contribution in [2.24, 2.45) is 0 Å². The fraction of sp³-hybridized carbons (Fsp3) is 0.0588. The largest absolute Gasteiger partial charge is 0.504 e. The molecular weight excluding hydrogens is 367 g/mol. The Bertz CT molecular complexity index is 894. The van der Waals surface area contributed by atoms with Gasteiger partial charge in [0.05, 0.1) is 12.8 Å². The second-order valence-electron chi connectivity index (χ2n) is 5.15. The van der Waals surface area contributed by atoms with Gasteiger partial charge in [0.25, 0.3) is 5.91 Å². The zero-order chi connectivity index (χ0) is 18.1. The number of aromatic hydroxyl groups is 1. The summed E-state index contributed by atoms with van der Waals surface area (Å²) in [5.74, 6) is -0.595. The first-order chi connectivity index (χ1) is 11.9. The summed E-state index contributed by atoms with van der Waals surface area (Å²) in [5.41, 5.74) is 0.619. The van der Waals surface area contributed by atoms with Crippen molar-refractivity contribution >= 4 is 46.9 Å². The minimum atomic E-state index is -0.605. The van der Waals surface area contributed by atoms with Crippen LogP contribution in [0.3, 0.4) is 0 Å². The molecular formula is C17H12Cl2N2O4. The number of rotatable bonds is 3. The van der Waals surface area contributed by atoms with E-state index in [1.165, 1.54) is 25.3 Å². The molecule has 3 rings (SSSR count). The highest BCUT2D eigenvalue weighted by molar-refractivity contribution is 6.32. The number of amides is 3. The van der Waals surface area contributed by atoms with Crippen LogP contribution >= 0.6 is 23.2 Å². The molecule has 6 nitrogen and oxygen atoms in total. The van der Waals surface area contributed by atoms with Crippen LogP contribution in [0.25, 0.3) is 6.08 Å². The molecule has 8 heteroatoms. The predicted octanol–water partition coefficient (Wildman–Crippen LogP) is 3.80. The number of halogens is 2. The third-order valence-electron chi connectivity index (χ3n) is 3.55. The molecule has 0 bridgehead atoms. The molecule has 2 aromatic carbocycles. The number of nitrogens with one attached hydrogen (secondary N) is 1. The molecule has 2 N–H and O–H groups in total. The number of ether oxygens (including phenoxy) is 1. The SMILES string of the molecule is COc1cc(Cl)cc(/C=C2/NC(=O)N(c3ccc(Cl)cc3)C2=O)c1O. The summed E-state index contributed by atoms with van der Waals surface area (Å²) < 4.78 is 5.02. The van der Waals surface area contributed by atoms with Gasteiger partial charge < -0.3 is 15.2 Å². The lowest BCUT2D eigenvalue weighted by molar-refractivity contribution is -0.113. The number of nitrogens with zero attached hydrogens (tertiary/aromatic N) is 1. The van der Waals surface area contributed by atoms with Crippen molar-refractivity contribution < 1.29 is 19.4 Å². The number of urea groups is 1. The van der Waals surface area contributed by atoms with Gasteiger partial charge in [-0.15, -0.1) is 0 Å². The van der Waals surface area contributed by atoms with Crippen LogP contribution in [0.15, 0.2) is 42.1 Å². The third kappa shape index (κ3) is 3.26. The zero-order valence-corrected chi connectivity index (χ0v) is 14.4. The summed E-state index contributed by atoms with van der Waals surface area (Å²) in [4.78, 5) is 25.7. The highest BCUT2D eigenvalue weighted by atomic mass is 35.5. The van der Waals surface area contributed by atoms with Gasteiger partial charge in [0, 0.05) is 21.7 Å². The number of imide groups is 1. The van der Waals surface area contributed by atoms with Crippen LogP contribution in [0.1, 0.15) is 5.56 Å². The summed E-state index contributed by atoms with van der Waals surface area (Å²) >= 11 is 11.8. The second-order valence-corrected chi connectivity index (χ2v) is 6.02. The maximum atomic E-state index is 12.6. The number of phenols is 1. The van der Waals surface area contributed by atoms with Crippen molar-refractivity contribution in [1.29, 1.82) is 0 Å². The summed E-state index contributed by atoms with van der Waals surface area (Å²) in [7, 11) is 1.38. The van der Waals surface area contributed by atoms with E-state index < -0.39 is 11.9 Å². The molecule has 1 aliphatic heterocycles. The molecule has 128 valence electrons. The summed E-state index contributed by atoms with van der Waals surface area (Å²) in [5, 5.41) is 13.4. The highest BCUT2D eigenvalue weighted by Gasteiger charge is 2.35. The van der Waals surface area contributed by atoms with E-state index in [1.54, 1.807) is 24.3 Å². The summed E-state index contributed by atoms with van der Waals surface area (Å²) in [6, 6.07) is 8.56. The number of anilines is 1. The molecule has 0 spiro atoms. The maximum Gasteiger partial charge on any atom is 0.333 e. The van der Waals surface area contributed by atoms with Gasteiger partial charge in [0.2, 0.25) is 0 Å². The number of carbonyl (C=O) groups is 2. The van der Waals surface area contributed by atoms with E-state index in [9.17, 15) is 14.7 Å². The normalized spacial score (nSPS) is 15.6. The molecule has 3 amide bonds. The van der Waals surface area contributed by atoms with Gasteiger partial charge in [-0.1, -0.05) is 23.2 Å². The van der Waals surface area contributed by atoms with Crippen molar-refractivity contribution in [2.75, 3.05) is 12.0 Å². The van der Waals surface area contributed by atoms with Crippen LogP contribution in [-0.4, -0.2) is 24.2 Å². The zero-order valence-electron chi connectivity index (χ0n) is 12.9. The lowest BCUT2D eigenvalue weighted by Gasteiger charge is -2.11. The highest BCUT2D eigenvalue weighted by Crippen LogP contribution is 2.35. The minimum absolute atomic E-state index is 0.000398. The maximum absolute atomic E-state index is 12.6. The fourth-order valence-electron chi connectivity index (χ4n) is 2.38. The van der Waals surface area contributed by atoms with E-state index in [0.717, 1.165) is 4.90 Å². The number of benzene rings is 2. The van der Waals surface area contributed by atoms with Gasteiger partial charge >= 0.3 is 6.03 Å². The predicted molar refractivity (Wildman–Crippen MR) is 95.1 cm³/mol. The first-order valence-electron chi connectivity index (χ1n) is 7.10. The molecule has 0 saturated carbocycles. The quantitative estimate of drug-likeness (QED) is 0.628. The molecule has 2 aromatic rings. The van der Waals surface area contributed by atoms with Gasteiger partial charge in [-0.2, -0.15) is 0 Å². The number of phenolic OH excluding ortho intramolecular Hbond substituents is 1. The lowest BCUT2D eigenvalue weighted by atomic mass is 10.1. The standard InChI is InChI=1S/C17H12Cl2N2O4/c1-25-14-8-11(19)6-9(15(14)22)7-13-16(23)21(17(24)20-13)12-4-2-10(18)3-5-12/h2-8,22H,1H3,(H,20,24)/b13-7+. The van der Waals surface area contributed by atoms with E-state index in [4.69, 9.17) is 27.9 Å². The van der Waals surface area contributed by atoms with Crippen LogP contribution < -0.4 is 15.0 Å². The molecule has 1 saturated heterocycles. The Morgan fingerprint density at radius 3 is 2.44 bits per heavy atom. The van der Waals surface area contributed by atoms with Crippen LogP contribution in [0.2, 0.25) is 10.0 Å². The first-order valence-corrected chi connectivity index (χ1v) is 7.85. The van der Waals surface area contributed by atoms with Gasteiger partial charge in [0.15, 0.2) is 11.5 Å². The molecule has 0 atom stereocenters. The summed E-state index contributed by atoms with van der Waals surface area (Å²) in [6.45, 7) is 0. The number of carbonyl (C=O) groups excluding carboxylic acids is 2. The topological polar surface area (TPSA) is 78.9 Å². The van der Waals surface area contributed by atoms with E-state index in [2.05, 4.69) is 5.32 Å². The molecule has 25 heavy (non-hydrogen) atoms.